The first-order chi connectivity index (χ1) is 15.2. The molecule has 0 saturated carbocycles. The van der Waals surface area contributed by atoms with Crippen LogP contribution in [0.1, 0.15) is 39.5 Å². The second kappa shape index (κ2) is 8.06. The summed E-state index contributed by atoms with van der Waals surface area (Å²) < 4.78 is 5.65. The van der Waals surface area contributed by atoms with Crippen molar-refractivity contribution in [3.63, 3.8) is 0 Å². The third-order valence-corrected chi connectivity index (χ3v) is 5.52. The summed E-state index contributed by atoms with van der Waals surface area (Å²) in [5.74, 6) is 0.767. The minimum atomic E-state index is -0.138. The van der Waals surface area contributed by atoms with Crippen molar-refractivity contribution in [1.29, 1.82) is 0 Å². The van der Waals surface area contributed by atoms with Crippen molar-refractivity contribution in [2.24, 2.45) is 0 Å². The first kappa shape index (κ1) is 19.0. The van der Waals surface area contributed by atoms with E-state index >= 15 is 0 Å². The third kappa shape index (κ3) is 3.79. The first-order valence-corrected chi connectivity index (χ1v) is 10.1. The maximum atomic E-state index is 13.2. The molecule has 2 unspecified atom stereocenters. The van der Waals surface area contributed by atoms with E-state index in [-0.39, 0.29) is 17.7 Å². The summed E-state index contributed by atoms with van der Waals surface area (Å²) in [5.41, 5.74) is 3.11. The zero-order valence-corrected chi connectivity index (χ0v) is 16.9. The number of carbonyl (C=O) groups is 1. The summed E-state index contributed by atoms with van der Waals surface area (Å²) in [7, 11) is 0. The molecule has 8 nitrogen and oxygen atoms in total. The lowest BCUT2D eigenvalue weighted by Crippen LogP contribution is -2.29. The van der Waals surface area contributed by atoms with E-state index in [1.165, 1.54) is 0 Å². The van der Waals surface area contributed by atoms with Crippen molar-refractivity contribution in [3.05, 3.63) is 90.1 Å². The molecule has 154 valence electrons. The van der Waals surface area contributed by atoms with Crippen LogP contribution in [0.2, 0.25) is 0 Å². The van der Waals surface area contributed by atoms with Gasteiger partial charge >= 0.3 is 0 Å². The Morgan fingerprint density at radius 2 is 1.81 bits per heavy atom. The van der Waals surface area contributed by atoms with Crippen LogP contribution in [-0.4, -0.2) is 49.0 Å². The van der Waals surface area contributed by atoms with Gasteiger partial charge in [-0.1, -0.05) is 17.3 Å². The van der Waals surface area contributed by atoms with E-state index < -0.39 is 0 Å². The summed E-state index contributed by atoms with van der Waals surface area (Å²) in [6, 6.07) is 13.1. The molecule has 1 saturated heterocycles. The molecule has 5 rings (SSSR count). The van der Waals surface area contributed by atoms with Gasteiger partial charge in [-0.2, -0.15) is 4.98 Å². The Bertz CT molecular complexity index is 1190. The smallest absolute Gasteiger partial charge is 0.272 e. The number of amides is 1. The Labute approximate surface area is 179 Å². The maximum Gasteiger partial charge on any atom is 0.272 e. The number of aromatic nitrogens is 5. The fourth-order valence-electron chi connectivity index (χ4n) is 3.98. The number of aryl methyl sites for hydroxylation is 1. The van der Waals surface area contributed by atoms with Crippen molar-refractivity contribution >= 4 is 5.91 Å². The van der Waals surface area contributed by atoms with Crippen LogP contribution in [0.25, 0.3) is 11.4 Å². The molecule has 4 aromatic heterocycles. The van der Waals surface area contributed by atoms with Gasteiger partial charge in [0.15, 0.2) is 0 Å². The van der Waals surface area contributed by atoms with Crippen molar-refractivity contribution in [3.8, 4) is 11.4 Å². The number of rotatable bonds is 4. The summed E-state index contributed by atoms with van der Waals surface area (Å²) in [5, 5.41) is 4.15. The third-order valence-electron chi connectivity index (χ3n) is 5.52. The average molecular weight is 412 g/mol. The van der Waals surface area contributed by atoms with E-state index in [0.717, 1.165) is 16.8 Å². The second-order valence-corrected chi connectivity index (χ2v) is 7.57. The van der Waals surface area contributed by atoms with Crippen molar-refractivity contribution in [2.75, 3.05) is 13.1 Å². The van der Waals surface area contributed by atoms with Crippen molar-refractivity contribution in [2.45, 2.75) is 18.8 Å². The maximum absolute atomic E-state index is 13.2. The van der Waals surface area contributed by atoms with Crippen LogP contribution in [0.15, 0.2) is 71.8 Å². The molecular formula is C23H20N6O2. The number of likely N-dealkylation sites (tertiary alicyclic amines) is 1. The van der Waals surface area contributed by atoms with Gasteiger partial charge in [-0.15, -0.1) is 0 Å². The summed E-state index contributed by atoms with van der Waals surface area (Å²) >= 11 is 0. The molecule has 0 spiro atoms. The molecule has 0 aromatic carbocycles. The standard InChI is InChI=1S/C23H20N6O2/c1-15-4-2-6-20(26-15)23(30)29-13-18(17-5-3-9-25-12-17)19(14-29)22-27-21(28-31-22)16-7-10-24-11-8-16/h2-12,18-19H,13-14H2,1H3. The molecule has 0 radical (unpaired) electrons. The number of hydrogen-bond donors (Lipinski definition) is 0. The summed E-state index contributed by atoms with van der Waals surface area (Å²) in [6.45, 7) is 2.87. The van der Waals surface area contributed by atoms with Crippen LogP contribution in [0, 0.1) is 6.92 Å². The average Bonchev–Trinajstić information content (AvgIpc) is 3.47. The molecule has 5 heterocycles. The number of hydrogen-bond acceptors (Lipinski definition) is 7. The minimum Gasteiger partial charge on any atom is -0.339 e. The van der Waals surface area contributed by atoms with Gasteiger partial charge in [0.25, 0.3) is 5.91 Å². The summed E-state index contributed by atoms with van der Waals surface area (Å²) in [6.07, 6.45) is 6.95. The molecule has 1 aliphatic rings. The van der Waals surface area contributed by atoms with Gasteiger partial charge in [0.2, 0.25) is 11.7 Å². The molecule has 0 aliphatic carbocycles. The van der Waals surface area contributed by atoms with Gasteiger partial charge in [-0.05, 0) is 42.8 Å². The van der Waals surface area contributed by atoms with E-state index in [4.69, 9.17) is 4.52 Å². The molecular weight excluding hydrogens is 392 g/mol. The SMILES string of the molecule is Cc1cccc(C(=O)N2CC(c3cccnc3)C(c3nc(-c4ccncc4)no3)C2)n1. The second-order valence-electron chi connectivity index (χ2n) is 7.57. The number of nitrogens with zero attached hydrogens (tertiary/aromatic N) is 6. The largest absolute Gasteiger partial charge is 0.339 e. The minimum absolute atomic E-state index is 0.00630. The zero-order valence-electron chi connectivity index (χ0n) is 16.9. The first-order valence-electron chi connectivity index (χ1n) is 10.1. The highest BCUT2D eigenvalue weighted by Gasteiger charge is 2.41. The van der Waals surface area contributed by atoms with E-state index in [1.54, 1.807) is 29.6 Å². The monoisotopic (exact) mass is 412 g/mol. The predicted octanol–water partition coefficient (Wildman–Crippen LogP) is 3.25. The Hall–Kier alpha value is -3.94. The van der Waals surface area contributed by atoms with E-state index in [9.17, 15) is 4.79 Å². The Morgan fingerprint density at radius 3 is 2.58 bits per heavy atom. The molecule has 8 heteroatoms. The highest BCUT2D eigenvalue weighted by molar-refractivity contribution is 5.92. The van der Waals surface area contributed by atoms with Crippen molar-refractivity contribution < 1.29 is 9.32 Å². The topological polar surface area (TPSA) is 97.9 Å². The van der Waals surface area contributed by atoms with Crippen LogP contribution in [-0.2, 0) is 0 Å². The predicted molar refractivity (Wildman–Crippen MR) is 112 cm³/mol. The fraction of sp³-hybridized carbons (Fsp3) is 0.217. The van der Waals surface area contributed by atoms with Gasteiger partial charge in [0, 0.05) is 55.1 Å². The summed E-state index contributed by atoms with van der Waals surface area (Å²) in [4.78, 5) is 32.3. The van der Waals surface area contributed by atoms with Crippen LogP contribution < -0.4 is 0 Å². The molecule has 1 amide bonds. The quantitative estimate of drug-likeness (QED) is 0.507. The van der Waals surface area contributed by atoms with Crippen LogP contribution in [0.5, 0.6) is 0 Å². The molecule has 4 aromatic rings. The van der Waals surface area contributed by atoms with Gasteiger partial charge in [-0.3, -0.25) is 14.8 Å². The van der Waals surface area contributed by atoms with Gasteiger partial charge < -0.3 is 9.42 Å². The Morgan fingerprint density at radius 1 is 0.968 bits per heavy atom. The zero-order chi connectivity index (χ0) is 21.2. The lowest BCUT2D eigenvalue weighted by atomic mass is 9.90. The van der Waals surface area contributed by atoms with Crippen LogP contribution in [0.3, 0.4) is 0 Å². The van der Waals surface area contributed by atoms with Gasteiger partial charge in [-0.25, -0.2) is 4.98 Å². The Balaban J connectivity index is 1.47. The number of pyridine rings is 3. The lowest BCUT2D eigenvalue weighted by molar-refractivity contribution is 0.0782. The molecule has 1 aliphatic heterocycles. The van der Waals surface area contributed by atoms with E-state index in [2.05, 4.69) is 25.1 Å². The van der Waals surface area contributed by atoms with E-state index in [0.29, 0.717) is 30.5 Å². The van der Waals surface area contributed by atoms with Crippen molar-refractivity contribution in [1.82, 2.24) is 30.0 Å². The highest BCUT2D eigenvalue weighted by atomic mass is 16.5. The molecule has 0 N–H and O–H groups in total. The van der Waals surface area contributed by atoms with Crippen LogP contribution in [0.4, 0.5) is 0 Å². The molecule has 31 heavy (non-hydrogen) atoms. The molecule has 2 atom stereocenters. The van der Waals surface area contributed by atoms with Gasteiger partial charge in [0.05, 0.1) is 5.92 Å². The lowest BCUT2D eigenvalue weighted by Gasteiger charge is -2.16. The molecule has 0 bridgehead atoms. The van der Waals surface area contributed by atoms with Gasteiger partial charge in [0.1, 0.15) is 5.69 Å². The number of carbonyl (C=O) groups excluding carboxylic acids is 1. The van der Waals surface area contributed by atoms with E-state index in [1.807, 2.05) is 49.5 Å². The van der Waals surface area contributed by atoms with Crippen LogP contribution >= 0.6 is 0 Å². The highest BCUT2D eigenvalue weighted by Crippen LogP contribution is 2.39. The fourth-order valence-corrected chi connectivity index (χ4v) is 3.98. The molecule has 1 fully saturated rings. The Kier molecular flexibility index (Phi) is 4.95. The normalized spacial score (nSPS) is 18.3.